The number of carbonyl (C=O) groups is 3. The predicted octanol–water partition coefficient (Wildman–Crippen LogP) is 1.68. The topological polar surface area (TPSA) is 78.5 Å². The summed E-state index contributed by atoms with van der Waals surface area (Å²) in [5, 5.41) is 5.46. The largest absolute Gasteiger partial charge is 0.352 e. The number of urea groups is 1. The van der Waals surface area contributed by atoms with Crippen molar-refractivity contribution in [1.82, 2.24) is 15.5 Å². The van der Waals surface area contributed by atoms with E-state index in [0.29, 0.717) is 5.56 Å². The van der Waals surface area contributed by atoms with Gasteiger partial charge in [-0.3, -0.25) is 14.5 Å². The van der Waals surface area contributed by atoms with Crippen LogP contribution in [-0.2, 0) is 15.1 Å². The average Bonchev–Trinajstić information content (AvgIpc) is 2.72. The van der Waals surface area contributed by atoms with E-state index in [1.807, 2.05) is 45.0 Å². The maximum Gasteiger partial charge on any atom is 0.325 e. The summed E-state index contributed by atoms with van der Waals surface area (Å²) in [5.41, 5.74) is 0.631. The van der Waals surface area contributed by atoms with Crippen molar-refractivity contribution in [2.75, 3.05) is 6.54 Å². The number of imide groups is 1. The minimum absolute atomic E-state index is 0.00625. The van der Waals surface area contributed by atoms with E-state index in [4.69, 9.17) is 0 Å². The molecule has 2 N–H and O–H groups in total. The summed E-state index contributed by atoms with van der Waals surface area (Å²) in [6.45, 7) is 7.17. The van der Waals surface area contributed by atoms with Crippen molar-refractivity contribution < 1.29 is 14.4 Å². The Kier molecular flexibility index (Phi) is 4.73. The minimum atomic E-state index is -1.14. The van der Waals surface area contributed by atoms with Crippen molar-refractivity contribution in [1.29, 1.82) is 0 Å². The van der Waals surface area contributed by atoms with Crippen LogP contribution >= 0.6 is 0 Å². The van der Waals surface area contributed by atoms with Crippen molar-refractivity contribution in [2.45, 2.75) is 45.7 Å². The molecule has 2 atom stereocenters. The van der Waals surface area contributed by atoms with E-state index in [0.717, 1.165) is 16.9 Å². The van der Waals surface area contributed by atoms with Crippen LogP contribution in [0.1, 0.15) is 38.3 Å². The quantitative estimate of drug-likeness (QED) is 0.811. The van der Waals surface area contributed by atoms with Crippen LogP contribution in [-0.4, -0.2) is 35.3 Å². The summed E-state index contributed by atoms with van der Waals surface area (Å²) in [5.74, 6) is -0.748. The summed E-state index contributed by atoms with van der Waals surface area (Å²) in [7, 11) is 0. The fourth-order valence-electron chi connectivity index (χ4n) is 2.49. The summed E-state index contributed by atoms with van der Waals surface area (Å²) in [6.07, 6.45) is 0.785. The Morgan fingerprint density at radius 2 is 1.91 bits per heavy atom. The average molecular weight is 317 g/mol. The van der Waals surface area contributed by atoms with Crippen LogP contribution in [0.4, 0.5) is 4.79 Å². The van der Waals surface area contributed by atoms with Gasteiger partial charge in [0.25, 0.3) is 5.91 Å². The molecule has 6 heteroatoms. The number of hydrogen-bond donors (Lipinski definition) is 2. The molecule has 0 unspecified atom stereocenters. The van der Waals surface area contributed by atoms with Crippen LogP contribution in [0.3, 0.4) is 0 Å². The number of carbonyl (C=O) groups excluding carboxylic acids is 3. The molecule has 1 aromatic carbocycles. The number of rotatable bonds is 5. The van der Waals surface area contributed by atoms with Crippen molar-refractivity contribution in [3.8, 4) is 0 Å². The highest BCUT2D eigenvalue weighted by Gasteiger charge is 2.49. The number of benzene rings is 1. The molecule has 1 fully saturated rings. The lowest BCUT2D eigenvalue weighted by Crippen LogP contribution is -2.44. The van der Waals surface area contributed by atoms with Crippen LogP contribution in [0.5, 0.6) is 0 Å². The smallest absolute Gasteiger partial charge is 0.325 e. The van der Waals surface area contributed by atoms with Gasteiger partial charge in [-0.25, -0.2) is 4.79 Å². The normalized spacial score (nSPS) is 22.0. The molecule has 1 heterocycles. The van der Waals surface area contributed by atoms with Crippen molar-refractivity contribution >= 4 is 17.8 Å². The van der Waals surface area contributed by atoms with Crippen LogP contribution in [0, 0.1) is 6.92 Å². The first-order chi connectivity index (χ1) is 10.8. The molecule has 0 aliphatic carbocycles. The number of nitrogens with zero attached hydrogens (tertiary/aromatic N) is 1. The summed E-state index contributed by atoms with van der Waals surface area (Å²) < 4.78 is 0. The van der Waals surface area contributed by atoms with E-state index in [-0.39, 0.29) is 18.5 Å². The minimum Gasteiger partial charge on any atom is -0.352 e. The summed E-state index contributed by atoms with van der Waals surface area (Å²) in [6, 6.07) is 6.87. The van der Waals surface area contributed by atoms with Crippen molar-refractivity contribution in [3.63, 3.8) is 0 Å². The monoisotopic (exact) mass is 317 g/mol. The second-order valence-electron chi connectivity index (χ2n) is 6.19. The molecule has 2 rings (SSSR count). The zero-order chi connectivity index (χ0) is 17.2. The maximum absolute atomic E-state index is 12.7. The van der Waals surface area contributed by atoms with Crippen molar-refractivity contribution in [3.05, 3.63) is 35.4 Å². The van der Waals surface area contributed by atoms with Gasteiger partial charge in [-0.1, -0.05) is 36.8 Å². The highest BCUT2D eigenvalue weighted by molar-refractivity contribution is 6.09. The van der Waals surface area contributed by atoms with Gasteiger partial charge >= 0.3 is 6.03 Å². The Labute approximate surface area is 136 Å². The lowest BCUT2D eigenvalue weighted by molar-refractivity contribution is -0.135. The van der Waals surface area contributed by atoms with Crippen LogP contribution in [0.25, 0.3) is 0 Å². The molecule has 0 spiro atoms. The number of amides is 4. The molecule has 4 amide bonds. The van der Waals surface area contributed by atoms with E-state index in [1.165, 1.54) is 0 Å². The highest BCUT2D eigenvalue weighted by atomic mass is 16.2. The van der Waals surface area contributed by atoms with Gasteiger partial charge in [0.05, 0.1) is 0 Å². The molecule has 0 aromatic heterocycles. The molecular formula is C17H23N3O3. The molecule has 1 aliphatic rings. The molecule has 6 nitrogen and oxygen atoms in total. The molecule has 0 bridgehead atoms. The summed E-state index contributed by atoms with van der Waals surface area (Å²) in [4.78, 5) is 37.8. The van der Waals surface area contributed by atoms with E-state index in [2.05, 4.69) is 10.6 Å². The van der Waals surface area contributed by atoms with Crippen LogP contribution in [0.2, 0.25) is 0 Å². The Bertz CT molecular complexity index is 626. The van der Waals surface area contributed by atoms with Gasteiger partial charge in [0.15, 0.2) is 0 Å². The lowest BCUT2D eigenvalue weighted by Gasteiger charge is -2.22. The van der Waals surface area contributed by atoms with Crippen LogP contribution in [0.15, 0.2) is 24.3 Å². The zero-order valence-electron chi connectivity index (χ0n) is 14.0. The Balaban J connectivity index is 2.16. The number of aryl methyl sites for hydroxylation is 1. The van der Waals surface area contributed by atoms with E-state index in [1.54, 1.807) is 6.92 Å². The Morgan fingerprint density at radius 1 is 1.30 bits per heavy atom. The molecule has 1 aliphatic heterocycles. The Hall–Kier alpha value is -2.37. The molecule has 1 aromatic rings. The van der Waals surface area contributed by atoms with E-state index >= 15 is 0 Å². The molecule has 1 saturated heterocycles. The van der Waals surface area contributed by atoms with Gasteiger partial charge < -0.3 is 10.6 Å². The third-order valence-electron chi connectivity index (χ3n) is 4.23. The van der Waals surface area contributed by atoms with Gasteiger partial charge in [-0.15, -0.1) is 0 Å². The second-order valence-corrected chi connectivity index (χ2v) is 6.19. The first kappa shape index (κ1) is 17.0. The van der Waals surface area contributed by atoms with Gasteiger partial charge in [0.1, 0.15) is 12.1 Å². The van der Waals surface area contributed by atoms with Crippen molar-refractivity contribution in [2.24, 2.45) is 0 Å². The number of nitrogens with one attached hydrogen (secondary N) is 2. The molecule has 0 saturated carbocycles. The SMILES string of the molecule is CC[C@H](C)NC(=O)CN1C(=O)N[C@@](C)(c2ccc(C)cc2)C1=O. The maximum atomic E-state index is 12.7. The first-order valence-corrected chi connectivity index (χ1v) is 7.78. The standard InChI is InChI=1S/C17H23N3O3/c1-5-12(3)18-14(21)10-20-15(22)17(4,19-16(20)23)13-8-6-11(2)7-9-13/h6-9,12H,5,10H2,1-4H3,(H,18,21)(H,19,23)/t12-,17-/m0/s1. The first-order valence-electron chi connectivity index (χ1n) is 7.78. The van der Waals surface area contributed by atoms with Gasteiger partial charge in [-0.05, 0) is 32.8 Å². The zero-order valence-corrected chi connectivity index (χ0v) is 14.0. The third kappa shape index (κ3) is 3.36. The highest BCUT2D eigenvalue weighted by Crippen LogP contribution is 2.28. The number of hydrogen-bond acceptors (Lipinski definition) is 3. The fourth-order valence-corrected chi connectivity index (χ4v) is 2.49. The third-order valence-corrected chi connectivity index (χ3v) is 4.23. The summed E-state index contributed by atoms with van der Waals surface area (Å²) >= 11 is 0. The lowest BCUT2D eigenvalue weighted by atomic mass is 9.91. The Morgan fingerprint density at radius 3 is 2.48 bits per heavy atom. The molecule has 0 radical (unpaired) electrons. The molecule has 23 heavy (non-hydrogen) atoms. The van der Waals surface area contributed by atoms with Gasteiger partial charge in [0, 0.05) is 6.04 Å². The molecule has 124 valence electrons. The van der Waals surface area contributed by atoms with Gasteiger partial charge in [0.2, 0.25) is 5.91 Å². The molecular weight excluding hydrogens is 294 g/mol. The predicted molar refractivity (Wildman–Crippen MR) is 86.7 cm³/mol. The second kappa shape index (κ2) is 6.40. The fraction of sp³-hybridized carbons (Fsp3) is 0.471. The van der Waals surface area contributed by atoms with E-state index < -0.39 is 17.5 Å². The van der Waals surface area contributed by atoms with Gasteiger partial charge in [-0.2, -0.15) is 0 Å². The van der Waals surface area contributed by atoms with E-state index in [9.17, 15) is 14.4 Å². The van der Waals surface area contributed by atoms with Crippen LogP contribution < -0.4 is 10.6 Å².